The van der Waals surface area contributed by atoms with Gasteiger partial charge >= 0.3 is 0 Å². The van der Waals surface area contributed by atoms with Gasteiger partial charge in [0.15, 0.2) is 6.29 Å². The number of carbonyl (C=O) groups excluding carboxylic acids is 2. The van der Waals surface area contributed by atoms with Crippen LogP contribution in [0.3, 0.4) is 0 Å². The molecule has 1 aliphatic rings. The van der Waals surface area contributed by atoms with Crippen LogP contribution in [0.5, 0.6) is 0 Å². The number of hydrogen-bond donors (Lipinski definition) is 1. The Morgan fingerprint density at radius 1 is 1.31 bits per heavy atom. The molecule has 0 bridgehead atoms. The molecule has 1 fully saturated rings. The highest BCUT2D eigenvalue weighted by Gasteiger charge is 2.31. The van der Waals surface area contributed by atoms with E-state index in [0.717, 1.165) is 31.2 Å². The zero-order chi connectivity index (χ0) is 17.9. The fourth-order valence-corrected chi connectivity index (χ4v) is 3.19. The van der Waals surface area contributed by atoms with Crippen LogP contribution in [0.4, 0.5) is 0 Å². The maximum absolute atomic E-state index is 12.3. The van der Waals surface area contributed by atoms with E-state index in [2.05, 4.69) is 15.6 Å². The largest absolute Gasteiger partial charge is 0.350 e. The van der Waals surface area contributed by atoms with Crippen molar-refractivity contribution < 1.29 is 14.1 Å². The van der Waals surface area contributed by atoms with E-state index in [4.69, 9.17) is 4.52 Å². The van der Waals surface area contributed by atoms with Crippen molar-refractivity contribution in [2.24, 2.45) is 5.92 Å². The molecule has 1 amide bonds. The predicted molar refractivity (Wildman–Crippen MR) is 93.5 cm³/mol. The Labute approximate surface area is 150 Å². The molecule has 7 nitrogen and oxygen atoms in total. The lowest BCUT2D eigenvalue weighted by Gasteiger charge is -2.35. The van der Waals surface area contributed by atoms with E-state index >= 15 is 0 Å². The Morgan fingerprint density at radius 2 is 2.12 bits per heavy atom. The molecule has 132 valence electrons. The Kier molecular flexibility index (Phi) is 4.35. The maximum Gasteiger partial charge on any atom is 0.290 e. The molecule has 1 N–H and O–H groups in total. The molecule has 7 heteroatoms. The summed E-state index contributed by atoms with van der Waals surface area (Å²) in [6.45, 7) is 0.751. The SMILES string of the molecule is O=Cc1cnn(C[C@H]2C[C@@H](NC(=O)c3cc(-c4ccccc4)no3)C2)c1. The third-order valence-corrected chi connectivity index (χ3v) is 4.61. The molecule has 0 radical (unpaired) electrons. The van der Waals surface area contributed by atoms with Gasteiger partial charge in [-0.05, 0) is 18.8 Å². The van der Waals surface area contributed by atoms with Crippen molar-refractivity contribution in [3.05, 3.63) is 60.1 Å². The lowest BCUT2D eigenvalue weighted by molar-refractivity contribution is 0.0842. The Morgan fingerprint density at radius 3 is 2.85 bits per heavy atom. The van der Waals surface area contributed by atoms with E-state index in [-0.39, 0.29) is 17.7 Å². The van der Waals surface area contributed by atoms with Gasteiger partial charge in [0.2, 0.25) is 5.76 Å². The van der Waals surface area contributed by atoms with Crippen LogP contribution in [0.15, 0.2) is 53.3 Å². The molecule has 2 heterocycles. The van der Waals surface area contributed by atoms with Gasteiger partial charge in [0.25, 0.3) is 5.91 Å². The Bertz CT molecular complexity index is 910. The summed E-state index contributed by atoms with van der Waals surface area (Å²) in [6.07, 6.45) is 5.83. The third-order valence-electron chi connectivity index (χ3n) is 4.61. The highest BCUT2D eigenvalue weighted by molar-refractivity contribution is 5.92. The first-order valence-electron chi connectivity index (χ1n) is 8.52. The van der Waals surface area contributed by atoms with Crippen molar-refractivity contribution in [3.63, 3.8) is 0 Å². The smallest absolute Gasteiger partial charge is 0.290 e. The van der Waals surface area contributed by atoms with Gasteiger partial charge in [-0.3, -0.25) is 14.3 Å². The molecule has 1 aliphatic carbocycles. The quantitative estimate of drug-likeness (QED) is 0.690. The molecule has 0 spiro atoms. The minimum atomic E-state index is -0.245. The first kappa shape index (κ1) is 16.3. The van der Waals surface area contributed by atoms with E-state index in [0.29, 0.717) is 17.2 Å². The fourth-order valence-electron chi connectivity index (χ4n) is 3.19. The average molecular weight is 350 g/mol. The van der Waals surface area contributed by atoms with Gasteiger partial charge in [-0.1, -0.05) is 35.5 Å². The van der Waals surface area contributed by atoms with Gasteiger partial charge in [0.1, 0.15) is 5.69 Å². The molecule has 0 saturated heterocycles. The number of amides is 1. The monoisotopic (exact) mass is 350 g/mol. The van der Waals surface area contributed by atoms with Crippen molar-refractivity contribution >= 4 is 12.2 Å². The van der Waals surface area contributed by atoms with Crippen molar-refractivity contribution in [2.75, 3.05) is 0 Å². The van der Waals surface area contributed by atoms with Crippen LogP contribution in [-0.2, 0) is 6.54 Å². The van der Waals surface area contributed by atoms with E-state index < -0.39 is 0 Å². The lowest BCUT2D eigenvalue weighted by Crippen LogP contribution is -2.45. The van der Waals surface area contributed by atoms with Gasteiger partial charge < -0.3 is 9.84 Å². The van der Waals surface area contributed by atoms with Crippen molar-refractivity contribution in [1.82, 2.24) is 20.3 Å². The summed E-state index contributed by atoms with van der Waals surface area (Å²) in [6, 6.07) is 11.4. The normalized spacial score (nSPS) is 18.9. The molecule has 1 saturated carbocycles. The van der Waals surface area contributed by atoms with Gasteiger partial charge in [-0.2, -0.15) is 5.10 Å². The van der Waals surface area contributed by atoms with Gasteiger partial charge in [0.05, 0.1) is 11.8 Å². The maximum atomic E-state index is 12.3. The summed E-state index contributed by atoms with van der Waals surface area (Å²) in [4.78, 5) is 23.0. The predicted octanol–water partition coefficient (Wildman–Crippen LogP) is 2.56. The highest BCUT2D eigenvalue weighted by Crippen LogP contribution is 2.29. The van der Waals surface area contributed by atoms with Crippen molar-refractivity contribution in [3.8, 4) is 11.3 Å². The van der Waals surface area contributed by atoms with Crippen LogP contribution >= 0.6 is 0 Å². The Balaban J connectivity index is 1.28. The second-order valence-electron chi connectivity index (χ2n) is 6.56. The number of nitrogens with one attached hydrogen (secondary N) is 1. The van der Waals surface area contributed by atoms with E-state index in [1.807, 2.05) is 30.3 Å². The van der Waals surface area contributed by atoms with Crippen LogP contribution in [0.1, 0.15) is 33.8 Å². The molecule has 0 aliphatic heterocycles. The molecule has 0 unspecified atom stereocenters. The second-order valence-corrected chi connectivity index (χ2v) is 6.56. The number of nitrogens with zero attached hydrogens (tertiary/aromatic N) is 3. The average Bonchev–Trinajstić information content (AvgIpc) is 3.30. The molecule has 26 heavy (non-hydrogen) atoms. The molecular weight excluding hydrogens is 332 g/mol. The zero-order valence-corrected chi connectivity index (χ0v) is 14.0. The standard InChI is InChI=1S/C19H18N4O3/c24-12-14-9-20-23(11-14)10-13-6-16(7-13)21-19(25)18-8-17(22-26-18)15-4-2-1-3-5-15/h1-5,8-9,11-13,16H,6-7,10H2,(H,21,25)/t13-,16+. The number of carbonyl (C=O) groups is 2. The van der Waals surface area contributed by atoms with Crippen molar-refractivity contribution in [2.45, 2.75) is 25.4 Å². The van der Waals surface area contributed by atoms with E-state index in [1.165, 1.54) is 0 Å². The summed E-state index contributed by atoms with van der Waals surface area (Å²) >= 11 is 0. The minimum absolute atomic E-state index is 0.124. The van der Waals surface area contributed by atoms with Crippen LogP contribution < -0.4 is 5.32 Å². The summed E-state index contributed by atoms with van der Waals surface area (Å²) in [5.74, 6) is 0.412. The summed E-state index contributed by atoms with van der Waals surface area (Å²) in [5.41, 5.74) is 2.13. The molecule has 2 aromatic heterocycles. The molecular formula is C19H18N4O3. The van der Waals surface area contributed by atoms with Gasteiger partial charge in [-0.25, -0.2) is 0 Å². The number of benzene rings is 1. The van der Waals surface area contributed by atoms with Gasteiger partial charge in [-0.15, -0.1) is 0 Å². The summed E-state index contributed by atoms with van der Waals surface area (Å²) < 4.78 is 6.95. The first-order valence-corrected chi connectivity index (χ1v) is 8.52. The van der Waals surface area contributed by atoms with Crippen LogP contribution in [0.25, 0.3) is 11.3 Å². The molecule has 1 aromatic carbocycles. The van der Waals surface area contributed by atoms with Crippen molar-refractivity contribution in [1.29, 1.82) is 0 Å². The minimum Gasteiger partial charge on any atom is -0.350 e. The van der Waals surface area contributed by atoms with E-state index in [1.54, 1.807) is 23.1 Å². The van der Waals surface area contributed by atoms with Crippen LogP contribution in [0.2, 0.25) is 0 Å². The highest BCUT2D eigenvalue weighted by atomic mass is 16.5. The molecule has 4 rings (SSSR count). The zero-order valence-electron chi connectivity index (χ0n) is 14.0. The van der Waals surface area contributed by atoms with E-state index in [9.17, 15) is 9.59 Å². The second kappa shape index (κ2) is 6.95. The summed E-state index contributed by atoms with van der Waals surface area (Å²) in [7, 11) is 0. The number of aromatic nitrogens is 3. The topological polar surface area (TPSA) is 90.0 Å². The number of hydrogen-bond acceptors (Lipinski definition) is 5. The number of aldehydes is 1. The fraction of sp³-hybridized carbons (Fsp3) is 0.263. The third kappa shape index (κ3) is 3.42. The lowest BCUT2D eigenvalue weighted by atomic mass is 9.80. The Hall–Kier alpha value is -3.22. The molecule has 0 atom stereocenters. The summed E-state index contributed by atoms with van der Waals surface area (Å²) in [5, 5.41) is 11.1. The van der Waals surface area contributed by atoms with Crippen LogP contribution in [0, 0.1) is 5.92 Å². The van der Waals surface area contributed by atoms with Crippen LogP contribution in [-0.4, -0.2) is 33.2 Å². The number of rotatable bonds is 6. The van der Waals surface area contributed by atoms with Gasteiger partial charge in [0, 0.05) is 30.4 Å². The molecule has 3 aromatic rings. The first-order chi connectivity index (χ1) is 12.7.